The summed E-state index contributed by atoms with van der Waals surface area (Å²) in [5.74, 6) is 0.883. The van der Waals surface area contributed by atoms with Crippen LogP contribution in [0.2, 0.25) is 0 Å². The molecule has 0 aliphatic carbocycles. The van der Waals surface area contributed by atoms with Gasteiger partial charge in [0.05, 0.1) is 6.26 Å². The van der Waals surface area contributed by atoms with Crippen LogP contribution >= 0.6 is 0 Å². The van der Waals surface area contributed by atoms with Crippen molar-refractivity contribution in [3.63, 3.8) is 0 Å². The molecule has 0 amide bonds. The molecule has 0 unspecified atom stereocenters. The summed E-state index contributed by atoms with van der Waals surface area (Å²) < 4.78 is 10.7. The highest BCUT2D eigenvalue weighted by molar-refractivity contribution is 5.30. The fourth-order valence-corrected chi connectivity index (χ4v) is 2.08. The summed E-state index contributed by atoms with van der Waals surface area (Å²) in [5.41, 5.74) is 4.04. The van der Waals surface area contributed by atoms with Crippen molar-refractivity contribution < 1.29 is 9.15 Å². The fraction of sp³-hybridized carbons (Fsp3) is 0.412. The van der Waals surface area contributed by atoms with Crippen molar-refractivity contribution in [1.29, 1.82) is 0 Å². The number of furan rings is 1. The van der Waals surface area contributed by atoms with Crippen molar-refractivity contribution in [1.82, 2.24) is 5.32 Å². The minimum Gasteiger partial charge on any atom is -0.467 e. The molecule has 0 bridgehead atoms. The zero-order chi connectivity index (χ0) is 14.2. The van der Waals surface area contributed by atoms with Crippen LogP contribution in [0.3, 0.4) is 0 Å². The Bertz CT molecular complexity index is 506. The first-order valence-electron chi connectivity index (χ1n) is 7.12. The van der Waals surface area contributed by atoms with Crippen molar-refractivity contribution in [2.24, 2.45) is 0 Å². The van der Waals surface area contributed by atoms with Crippen LogP contribution in [0.1, 0.15) is 28.9 Å². The molecule has 0 saturated heterocycles. The van der Waals surface area contributed by atoms with E-state index in [0.29, 0.717) is 6.61 Å². The van der Waals surface area contributed by atoms with Gasteiger partial charge in [0.2, 0.25) is 0 Å². The van der Waals surface area contributed by atoms with E-state index in [0.717, 1.165) is 31.9 Å². The van der Waals surface area contributed by atoms with E-state index in [1.807, 2.05) is 12.1 Å². The molecule has 1 heterocycles. The maximum Gasteiger partial charge on any atom is 0.129 e. The average Bonchev–Trinajstić information content (AvgIpc) is 2.94. The molecule has 0 atom stereocenters. The molecule has 2 rings (SSSR count). The first-order chi connectivity index (χ1) is 9.75. The molecule has 1 aromatic heterocycles. The van der Waals surface area contributed by atoms with Crippen LogP contribution in [-0.2, 0) is 17.9 Å². The predicted molar refractivity (Wildman–Crippen MR) is 80.6 cm³/mol. The van der Waals surface area contributed by atoms with Crippen molar-refractivity contribution in [3.05, 3.63) is 59.0 Å². The molecule has 0 saturated carbocycles. The normalized spacial score (nSPS) is 10.9. The maximum absolute atomic E-state index is 5.54. The Labute approximate surface area is 121 Å². The number of rotatable bonds is 8. The third-order valence-corrected chi connectivity index (χ3v) is 3.29. The van der Waals surface area contributed by atoms with E-state index >= 15 is 0 Å². The van der Waals surface area contributed by atoms with Gasteiger partial charge in [0.1, 0.15) is 12.4 Å². The lowest BCUT2D eigenvalue weighted by molar-refractivity contribution is 0.104. The van der Waals surface area contributed by atoms with Gasteiger partial charge in [0, 0.05) is 13.2 Å². The number of hydrogen-bond acceptors (Lipinski definition) is 3. The highest BCUT2D eigenvalue weighted by atomic mass is 16.5. The Morgan fingerprint density at radius 1 is 1.20 bits per heavy atom. The molecule has 0 fully saturated rings. The number of hydrogen-bond donors (Lipinski definition) is 1. The van der Waals surface area contributed by atoms with Crippen LogP contribution in [0.5, 0.6) is 0 Å². The lowest BCUT2D eigenvalue weighted by Crippen LogP contribution is -2.17. The Kier molecular flexibility index (Phi) is 5.84. The van der Waals surface area contributed by atoms with E-state index in [1.54, 1.807) is 6.26 Å². The van der Waals surface area contributed by atoms with Gasteiger partial charge >= 0.3 is 0 Å². The highest BCUT2D eigenvalue weighted by Gasteiger charge is 1.99. The third-order valence-electron chi connectivity index (χ3n) is 3.29. The van der Waals surface area contributed by atoms with E-state index in [9.17, 15) is 0 Å². The van der Waals surface area contributed by atoms with Crippen LogP contribution in [-0.4, -0.2) is 13.2 Å². The molecule has 0 aliphatic heterocycles. The Hall–Kier alpha value is -1.58. The summed E-state index contributed by atoms with van der Waals surface area (Å²) in [6, 6.07) is 10.4. The summed E-state index contributed by atoms with van der Waals surface area (Å²) in [4.78, 5) is 0. The van der Waals surface area contributed by atoms with Crippen LogP contribution in [0, 0.1) is 13.8 Å². The van der Waals surface area contributed by atoms with E-state index < -0.39 is 0 Å². The van der Waals surface area contributed by atoms with Crippen LogP contribution in [0.25, 0.3) is 0 Å². The minimum absolute atomic E-state index is 0.560. The van der Waals surface area contributed by atoms with Gasteiger partial charge in [-0.25, -0.2) is 0 Å². The van der Waals surface area contributed by atoms with Gasteiger partial charge in [-0.15, -0.1) is 0 Å². The van der Waals surface area contributed by atoms with Gasteiger partial charge in [0.15, 0.2) is 0 Å². The molecular formula is C17H23NO2. The Balaban J connectivity index is 1.56. The maximum atomic E-state index is 5.54. The molecule has 20 heavy (non-hydrogen) atoms. The zero-order valence-corrected chi connectivity index (χ0v) is 12.3. The van der Waals surface area contributed by atoms with Gasteiger partial charge in [-0.05, 0) is 50.1 Å². The highest BCUT2D eigenvalue weighted by Crippen LogP contribution is 2.10. The standard InChI is InChI=1S/C17H23NO2/c1-14-6-7-15(2)16(11-14)12-18-8-4-9-19-13-17-5-3-10-20-17/h3,5-7,10-11,18H,4,8-9,12-13H2,1-2H3. The topological polar surface area (TPSA) is 34.4 Å². The summed E-state index contributed by atoms with van der Waals surface area (Å²) in [6.07, 6.45) is 2.68. The lowest BCUT2D eigenvalue weighted by atomic mass is 10.1. The number of benzene rings is 1. The second kappa shape index (κ2) is 7.88. The van der Waals surface area contributed by atoms with Gasteiger partial charge in [-0.1, -0.05) is 23.8 Å². The Morgan fingerprint density at radius 3 is 2.90 bits per heavy atom. The smallest absolute Gasteiger partial charge is 0.129 e. The van der Waals surface area contributed by atoms with E-state index in [2.05, 4.69) is 37.4 Å². The van der Waals surface area contributed by atoms with Crippen molar-refractivity contribution in [3.8, 4) is 0 Å². The summed E-state index contributed by atoms with van der Waals surface area (Å²) in [7, 11) is 0. The van der Waals surface area contributed by atoms with Crippen LogP contribution < -0.4 is 5.32 Å². The monoisotopic (exact) mass is 273 g/mol. The van der Waals surface area contributed by atoms with Gasteiger partial charge in [0.25, 0.3) is 0 Å². The SMILES string of the molecule is Cc1ccc(C)c(CNCCCOCc2ccco2)c1. The molecule has 2 aromatic rings. The summed E-state index contributed by atoms with van der Waals surface area (Å²) in [6.45, 7) is 7.48. The first-order valence-corrected chi connectivity index (χ1v) is 7.12. The molecule has 3 nitrogen and oxygen atoms in total. The zero-order valence-electron chi connectivity index (χ0n) is 12.3. The number of nitrogens with one attached hydrogen (secondary N) is 1. The lowest BCUT2D eigenvalue weighted by Gasteiger charge is -2.09. The van der Waals surface area contributed by atoms with Crippen LogP contribution in [0.15, 0.2) is 41.0 Å². The summed E-state index contributed by atoms with van der Waals surface area (Å²) >= 11 is 0. The Morgan fingerprint density at radius 2 is 2.10 bits per heavy atom. The van der Waals surface area contributed by atoms with Crippen LogP contribution in [0.4, 0.5) is 0 Å². The molecule has 3 heteroatoms. The van der Waals surface area contributed by atoms with Crippen molar-refractivity contribution >= 4 is 0 Å². The molecule has 0 spiro atoms. The van der Waals surface area contributed by atoms with E-state index in [1.165, 1.54) is 16.7 Å². The molecule has 108 valence electrons. The number of ether oxygens (including phenoxy) is 1. The van der Waals surface area contributed by atoms with Gasteiger partial charge in [-0.3, -0.25) is 0 Å². The fourth-order valence-electron chi connectivity index (χ4n) is 2.08. The first kappa shape index (κ1) is 14.8. The molecule has 0 aliphatic rings. The van der Waals surface area contributed by atoms with Crippen molar-refractivity contribution in [2.75, 3.05) is 13.2 Å². The number of aryl methyl sites for hydroxylation is 2. The quantitative estimate of drug-likeness (QED) is 0.746. The van der Waals surface area contributed by atoms with E-state index in [4.69, 9.17) is 9.15 Å². The average molecular weight is 273 g/mol. The second-order valence-corrected chi connectivity index (χ2v) is 5.09. The second-order valence-electron chi connectivity index (χ2n) is 5.09. The van der Waals surface area contributed by atoms with Gasteiger partial charge < -0.3 is 14.5 Å². The third kappa shape index (κ3) is 4.83. The molecule has 1 N–H and O–H groups in total. The molecular weight excluding hydrogens is 250 g/mol. The molecule has 1 aromatic carbocycles. The summed E-state index contributed by atoms with van der Waals surface area (Å²) in [5, 5.41) is 3.46. The van der Waals surface area contributed by atoms with Crippen molar-refractivity contribution in [2.45, 2.75) is 33.4 Å². The minimum atomic E-state index is 0.560. The van der Waals surface area contributed by atoms with E-state index in [-0.39, 0.29) is 0 Å². The predicted octanol–water partition coefficient (Wildman–Crippen LogP) is 3.59. The van der Waals surface area contributed by atoms with Gasteiger partial charge in [-0.2, -0.15) is 0 Å². The largest absolute Gasteiger partial charge is 0.467 e. The molecule has 0 radical (unpaired) electrons.